The van der Waals surface area contributed by atoms with Crippen molar-refractivity contribution >= 4 is 17.6 Å². The predicted octanol–water partition coefficient (Wildman–Crippen LogP) is 2.21. The first kappa shape index (κ1) is 20.4. The molecule has 9 heteroatoms. The van der Waals surface area contributed by atoms with Gasteiger partial charge in [-0.05, 0) is 37.3 Å². The molecule has 2 aromatic carbocycles. The zero-order valence-electron chi connectivity index (χ0n) is 15.0. The van der Waals surface area contributed by atoms with E-state index in [1.165, 1.54) is 25.1 Å². The van der Waals surface area contributed by atoms with E-state index in [1.54, 1.807) is 24.3 Å². The van der Waals surface area contributed by atoms with Gasteiger partial charge in [0.05, 0.1) is 16.6 Å². The molecule has 2 aromatic rings. The number of hydrogen-bond donors (Lipinski definition) is 1. The molecule has 1 amide bonds. The zero-order chi connectivity index (χ0) is 20.5. The highest BCUT2D eigenvalue weighted by Gasteiger charge is 2.19. The third kappa shape index (κ3) is 5.81. The smallest absolute Gasteiger partial charge is 0.328 e. The summed E-state index contributed by atoms with van der Waals surface area (Å²) in [6, 6.07) is 12.7. The Labute approximate surface area is 160 Å². The number of carbonyl (C=O) groups is 2. The Hall–Kier alpha value is -3.93. The molecule has 0 saturated heterocycles. The molecule has 1 N–H and O–H groups in total. The van der Waals surface area contributed by atoms with E-state index in [0.29, 0.717) is 11.3 Å². The van der Waals surface area contributed by atoms with Crippen molar-refractivity contribution < 1.29 is 24.0 Å². The number of rotatable bonds is 8. The van der Waals surface area contributed by atoms with Gasteiger partial charge in [-0.1, -0.05) is 6.07 Å². The average Bonchev–Trinajstić information content (AvgIpc) is 2.71. The first-order valence-electron chi connectivity index (χ1n) is 8.25. The van der Waals surface area contributed by atoms with E-state index in [-0.39, 0.29) is 24.5 Å². The molecule has 28 heavy (non-hydrogen) atoms. The van der Waals surface area contributed by atoms with Crippen molar-refractivity contribution in [3.63, 3.8) is 0 Å². The molecule has 0 bridgehead atoms. The normalized spacial score (nSPS) is 11.0. The number of ether oxygens (including phenoxy) is 2. The molecule has 0 aliphatic heterocycles. The van der Waals surface area contributed by atoms with Crippen LogP contribution in [-0.2, 0) is 9.53 Å². The van der Waals surface area contributed by atoms with Crippen LogP contribution in [-0.4, -0.2) is 36.1 Å². The molecule has 2 rings (SSSR count). The minimum Gasteiger partial charge on any atom is -0.490 e. The maximum Gasteiger partial charge on any atom is 0.328 e. The molecule has 0 aliphatic carbocycles. The Bertz CT molecular complexity index is 905. The number of nitriles is 1. The number of amides is 1. The molecule has 0 saturated carbocycles. The van der Waals surface area contributed by atoms with Crippen LogP contribution in [0.3, 0.4) is 0 Å². The van der Waals surface area contributed by atoms with Crippen LogP contribution in [0.1, 0.15) is 22.8 Å². The van der Waals surface area contributed by atoms with E-state index in [0.717, 1.165) is 6.07 Å². The number of nitrogens with one attached hydrogen (secondary N) is 1. The van der Waals surface area contributed by atoms with Gasteiger partial charge in [0.15, 0.2) is 0 Å². The Morgan fingerprint density at radius 2 is 1.93 bits per heavy atom. The summed E-state index contributed by atoms with van der Waals surface area (Å²) in [6.07, 6.45) is 0. The molecule has 9 nitrogen and oxygen atoms in total. The lowest BCUT2D eigenvalue weighted by molar-refractivity contribution is -0.384. The largest absolute Gasteiger partial charge is 0.490 e. The summed E-state index contributed by atoms with van der Waals surface area (Å²) < 4.78 is 10.4. The Morgan fingerprint density at radius 3 is 2.57 bits per heavy atom. The molecule has 0 spiro atoms. The van der Waals surface area contributed by atoms with Gasteiger partial charge in [-0.3, -0.25) is 14.9 Å². The number of esters is 1. The molecular weight excluding hydrogens is 366 g/mol. The lowest BCUT2D eigenvalue weighted by Gasteiger charge is -2.14. The second-order valence-electron chi connectivity index (χ2n) is 5.65. The summed E-state index contributed by atoms with van der Waals surface area (Å²) in [4.78, 5) is 34.2. The van der Waals surface area contributed by atoms with Crippen LogP contribution in [0.5, 0.6) is 5.75 Å². The number of carbonyl (C=O) groups excluding carboxylic acids is 2. The standard InChI is InChI=1S/C19H17N3O6/c1-13(21-18(23)15-3-2-4-16(11-15)22(25)26)19(24)28-10-9-27-17-7-5-14(12-20)6-8-17/h2-8,11,13H,9-10H2,1H3,(H,21,23)/t13-/m0/s1. The monoisotopic (exact) mass is 383 g/mol. The fourth-order valence-electron chi connectivity index (χ4n) is 2.15. The number of nitro groups is 1. The number of hydrogen-bond acceptors (Lipinski definition) is 7. The van der Waals surface area contributed by atoms with Crippen molar-refractivity contribution in [1.82, 2.24) is 5.32 Å². The van der Waals surface area contributed by atoms with Crippen LogP contribution >= 0.6 is 0 Å². The summed E-state index contributed by atoms with van der Waals surface area (Å²) in [6.45, 7) is 1.51. The first-order chi connectivity index (χ1) is 13.4. The highest BCUT2D eigenvalue weighted by Crippen LogP contribution is 2.13. The van der Waals surface area contributed by atoms with Crippen LogP contribution < -0.4 is 10.1 Å². The van der Waals surface area contributed by atoms with E-state index >= 15 is 0 Å². The van der Waals surface area contributed by atoms with Crippen molar-refractivity contribution in [3.05, 3.63) is 69.8 Å². The van der Waals surface area contributed by atoms with Crippen molar-refractivity contribution in [2.45, 2.75) is 13.0 Å². The quantitative estimate of drug-likeness (QED) is 0.320. The third-order valence-electron chi connectivity index (χ3n) is 3.60. The van der Waals surface area contributed by atoms with Crippen molar-refractivity contribution in [3.8, 4) is 11.8 Å². The summed E-state index contributed by atoms with van der Waals surface area (Å²) in [5.41, 5.74) is 0.355. The minimum atomic E-state index is -0.943. The molecule has 1 atom stereocenters. The lowest BCUT2D eigenvalue weighted by atomic mass is 10.2. The van der Waals surface area contributed by atoms with Gasteiger partial charge in [0.25, 0.3) is 11.6 Å². The number of nitrogens with zero attached hydrogens (tertiary/aromatic N) is 2. The van der Waals surface area contributed by atoms with Crippen molar-refractivity contribution in [2.75, 3.05) is 13.2 Å². The van der Waals surface area contributed by atoms with Gasteiger partial charge >= 0.3 is 5.97 Å². The fraction of sp³-hybridized carbons (Fsp3) is 0.211. The van der Waals surface area contributed by atoms with Gasteiger partial charge in [-0.25, -0.2) is 4.79 Å². The Kier molecular flexibility index (Phi) is 7.05. The van der Waals surface area contributed by atoms with Crippen molar-refractivity contribution in [1.29, 1.82) is 5.26 Å². The summed E-state index contributed by atoms with van der Waals surface area (Å²) in [7, 11) is 0. The molecule has 0 aliphatic rings. The number of non-ortho nitro benzene ring substituents is 1. The van der Waals surface area contributed by atoms with Gasteiger partial charge in [0, 0.05) is 17.7 Å². The Balaban J connectivity index is 1.77. The van der Waals surface area contributed by atoms with Crippen LogP contribution in [0.4, 0.5) is 5.69 Å². The topological polar surface area (TPSA) is 132 Å². The molecule has 0 fully saturated rings. The van der Waals surface area contributed by atoms with Gasteiger partial charge in [0.1, 0.15) is 25.0 Å². The molecular formula is C19H17N3O6. The maximum atomic E-state index is 12.1. The molecule has 0 unspecified atom stereocenters. The van der Waals surface area contributed by atoms with E-state index in [2.05, 4.69) is 5.32 Å². The van der Waals surface area contributed by atoms with Crippen molar-refractivity contribution in [2.24, 2.45) is 0 Å². The van der Waals surface area contributed by atoms with Gasteiger partial charge in [-0.15, -0.1) is 0 Å². The van der Waals surface area contributed by atoms with Crippen LogP contribution in [0.25, 0.3) is 0 Å². The SMILES string of the molecule is C[C@H](NC(=O)c1cccc([N+](=O)[O-])c1)C(=O)OCCOc1ccc(C#N)cc1. The highest BCUT2D eigenvalue weighted by molar-refractivity contribution is 5.97. The number of benzene rings is 2. The minimum absolute atomic E-state index is 0.0319. The van der Waals surface area contributed by atoms with Crippen LogP contribution in [0.15, 0.2) is 48.5 Å². The van der Waals surface area contributed by atoms with Crippen LogP contribution in [0.2, 0.25) is 0 Å². The van der Waals surface area contributed by atoms with E-state index in [1.807, 2.05) is 6.07 Å². The van der Waals surface area contributed by atoms with Gasteiger partial charge in [0.2, 0.25) is 0 Å². The zero-order valence-corrected chi connectivity index (χ0v) is 15.0. The third-order valence-corrected chi connectivity index (χ3v) is 3.60. The molecule has 0 radical (unpaired) electrons. The fourth-order valence-corrected chi connectivity index (χ4v) is 2.15. The van der Waals surface area contributed by atoms with Crippen LogP contribution in [0, 0.1) is 21.4 Å². The molecule has 0 aromatic heterocycles. The first-order valence-corrected chi connectivity index (χ1v) is 8.25. The Morgan fingerprint density at radius 1 is 1.21 bits per heavy atom. The number of nitro benzene ring substituents is 1. The van der Waals surface area contributed by atoms with E-state index in [9.17, 15) is 19.7 Å². The predicted molar refractivity (Wildman–Crippen MR) is 97.6 cm³/mol. The summed E-state index contributed by atoms with van der Waals surface area (Å²) >= 11 is 0. The maximum absolute atomic E-state index is 12.1. The highest BCUT2D eigenvalue weighted by atomic mass is 16.6. The van der Waals surface area contributed by atoms with Gasteiger partial charge in [-0.2, -0.15) is 5.26 Å². The average molecular weight is 383 g/mol. The second-order valence-corrected chi connectivity index (χ2v) is 5.65. The second kappa shape index (κ2) is 9.68. The lowest BCUT2D eigenvalue weighted by Crippen LogP contribution is -2.40. The molecule has 0 heterocycles. The molecule has 144 valence electrons. The summed E-state index contributed by atoms with van der Waals surface area (Å²) in [5, 5.41) is 21.9. The van der Waals surface area contributed by atoms with E-state index in [4.69, 9.17) is 14.7 Å². The summed E-state index contributed by atoms with van der Waals surface area (Å²) in [5.74, 6) is -0.758. The van der Waals surface area contributed by atoms with Gasteiger partial charge < -0.3 is 14.8 Å². The van der Waals surface area contributed by atoms with E-state index < -0.39 is 22.8 Å².